The van der Waals surface area contributed by atoms with Crippen molar-refractivity contribution in [2.45, 2.75) is 19.0 Å². The van der Waals surface area contributed by atoms with Crippen LogP contribution in [-0.4, -0.2) is 36.2 Å². The molecule has 0 aliphatic carbocycles. The van der Waals surface area contributed by atoms with Gasteiger partial charge in [0.1, 0.15) is 6.04 Å². The summed E-state index contributed by atoms with van der Waals surface area (Å²) in [5, 5.41) is 21.1. The first-order chi connectivity index (χ1) is 8.65. The van der Waals surface area contributed by atoms with Crippen molar-refractivity contribution in [2.75, 3.05) is 18.1 Å². The van der Waals surface area contributed by atoms with Crippen LogP contribution in [0.25, 0.3) is 0 Å². The van der Waals surface area contributed by atoms with Crippen molar-refractivity contribution in [2.24, 2.45) is 0 Å². The molecule has 0 radical (unpaired) electrons. The van der Waals surface area contributed by atoms with Gasteiger partial charge in [-0.25, -0.2) is 0 Å². The molecule has 5 heteroatoms. The number of carbonyl (C=O) groups excluding carboxylic acids is 1. The van der Waals surface area contributed by atoms with Gasteiger partial charge in [0.2, 0.25) is 5.91 Å². The van der Waals surface area contributed by atoms with E-state index in [-0.39, 0.29) is 18.6 Å². The lowest BCUT2D eigenvalue weighted by Crippen LogP contribution is -2.60. The Morgan fingerprint density at radius 1 is 1.61 bits per heavy atom. The van der Waals surface area contributed by atoms with Crippen molar-refractivity contribution in [1.29, 1.82) is 5.26 Å². The van der Waals surface area contributed by atoms with Crippen LogP contribution < -0.4 is 10.2 Å². The summed E-state index contributed by atoms with van der Waals surface area (Å²) >= 11 is 0. The summed E-state index contributed by atoms with van der Waals surface area (Å²) in [5.41, 5.74) is 1.22. The molecule has 1 aromatic rings. The number of nitrogens with zero attached hydrogens (tertiary/aromatic N) is 2. The minimum Gasteiger partial charge on any atom is -0.394 e. The molecule has 2 atom stereocenters. The molecule has 1 fully saturated rings. The lowest BCUT2D eigenvalue weighted by molar-refractivity contribution is -0.123. The Bertz CT molecular complexity index is 495. The molecule has 1 aliphatic rings. The average Bonchev–Trinajstić information content (AvgIpc) is 2.41. The maximum absolute atomic E-state index is 12.1. The van der Waals surface area contributed by atoms with Crippen molar-refractivity contribution in [1.82, 2.24) is 5.32 Å². The Hall–Kier alpha value is -1.90. The van der Waals surface area contributed by atoms with Crippen molar-refractivity contribution in [3.63, 3.8) is 0 Å². The zero-order valence-corrected chi connectivity index (χ0v) is 10.1. The molecule has 0 aromatic heterocycles. The van der Waals surface area contributed by atoms with Crippen LogP contribution in [0.3, 0.4) is 0 Å². The number of rotatable bonds is 2. The Kier molecular flexibility index (Phi) is 3.60. The van der Waals surface area contributed by atoms with Crippen LogP contribution in [0.5, 0.6) is 0 Å². The Balaban J connectivity index is 2.30. The molecule has 2 unspecified atom stereocenters. The van der Waals surface area contributed by atoms with Crippen molar-refractivity contribution >= 4 is 11.6 Å². The molecule has 0 bridgehead atoms. The third-order valence-electron chi connectivity index (χ3n) is 2.98. The Morgan fingerprint density at radius 3 is 3.06 bits per heavy atom. The number of aliphatic hydroxyl groups is 1. The van der Waals surface area contributed by atoms with E-state index in [9.17, 15) is 9.90 Å². The van der Waals surface area contributed by atoms with Gasteiger partial charge in [-0.05, 0) is 25.1 Å². The smallest absolute Gasteiger partial charge is 0.246 e. The van der Waals surface area contributed by atoms with Crippen molar-refractivity contribution in [3.8, 4) is 6.07 Å². The van der Waals surface area contributed by atoms with E-state index in [4.69, 9.17) is 5.26 Å². The van der Waals surface area contributed by atoms with E-state index in [2.05, 4.69) is 11.4 Å². The topological polar surface area (TPSA) is 76.4 Å². The van der Waals surface area contributed by atoms with E-state index in [1.807, 2.05) is 6.92 Å². The fourth-order valence-corrected chi connectivity index (χ4v) is 2.13. The summed E-state index contributed by atoms with van der Waals surface area (Å²) in [6, 6.07) is 8.52. The summed E-state index contributed by atoms with van der Waals surface area (Å²) < 4.78 is 0. The third-order valence-corrected chi connectivity index (χ3v) is 2.98. The first-order valence-electron chi connectivity index (χ1n) is 5.84. The maximum atomic E-state index is 12.1. The Morgan fingerprint density at radius 2 is 2.39 bits per heavy atom. The minimum atomic E-state index is -0.570. The molecule has 1 saturated heterocycles. The van der Waals surface area contributed by atoms with E-state index in [1.165, 1.54) is 0 Å². The summed E-state index contributed by atoms with van der Waals surface area (Å²) in [6.07, 6.45) is 0. The lowest BCUT2D eigenvalue weighted by Gasteiger charge is -2.36. The van der Waals surface area contributed by atoms with Crippen LogP contribution in [0, 0.1) is 11.3 Å². The predicted molar refractivity (Wildman–Crippen MR) is 67.0 cm³/mol. The molecule has 1 aromatic carbocycles. The highest BCUT2D eigenvalue weighted by Crippen LogP contribution is 2.19. The van der Waals surface area contributed by atoms with Gasteiger partial charge in [-0.1, -0.05) is 6.07 Å². The summed E-state index contributed by atoms with van der Waals surface area (Å²) in [7, 11) is 0. The van der Waals surface area contributed by atoms with Gasteiger partial charge in [0.25, 0.3) is 0 Å². The normalized spacial score (nSPS) is 23.8. The number of hydrogen-bond acceptors (Lipinski definition) is 4. The monoisotopic (exact) mass is 245 g/mol. The molecule has 2 rings (SSSR count). The predicted octanol–water partition coefficient (Wildman–Crippen LogP) is 0.244. The summed E-state index contributed by atoms with van der Waals surface area (Å²) in [6.45, 7) is 2.26. The molecule has 94 valence electrons. The molecule has 1 amide bonds. The molecular weight excluding hydrogens is 230 g/mol. The van der Waals surface area contributed by atoms with Gasteiger partial charge in [-0.15, -0.1) is 0 Å². The van der Waals surface area contributed by atoms with Gasteiger partial charge in [0.15, 0.2) is 0 Å². The molecule has 18 heavy (non-hydrogen) atoms. The number of aliphatic hydroxyl groups excluding tert-OH is 1. The van der Waals surface area contributed by atoms with Gasteiger partial charge in [0.05, 0.1) is 18.2 Å². The highest BCUT2D eigenvalue weighted by atomic mass is 16.3. The van der Waals surface area contributed by atoms with E-state index >= 15 is 0 Å². The van der Waals surface area contributed by atoms with Crippen LogP contribution in [0.1, 0.15) is 12.5 Å². The first-order valence-corrected chi connectivity index (χ1v) is 5.84. The standard InChI is InChI=1S/C13H15N3O2/c1-9-7-16(13(18)12(8-17)15-9)11-4-2-3-10(5-11)6-14/h2-5,9,12,15,17H,7-8H2,1H3. The number of nitrogens with one attached hydrogen (secondary N) is 1. The number of piperazine rings is 1. The van der Waals surface area contributed by atoms with Gasteiger partial charge in [-0.3, -0.25) is 10.1 Å². The van der Waals surface area contributed by atoms with Crippen molar-refractivity contribution in [3.05, 3.63) is 29.8 Å². The number of anilines is 1. The molecule has 2 N–H and O–H groups in total. The number of nitriles is 1. The molecular formula is C13H15N3O2. The van der Waals surface area contributed by atoms with Crippen LogP contribution in [0.2, 0.25) is 0 Å². The number of benzene rings is 1. The quantitative estimate of drug-likeness (QED) is 0.782. The fourth-order valence-electron chi connectivity index (χ4n) is 2.13. The SMILES string of the molecule is CC1CN(c2cccc(C#N)c2)C(=O)C(CO)N1. The second-order valence-electron chi connectivity index (χ2n) is 4.41. The van der Waals surface area contributed by atoms with Crippen LogP contribution in [0.15, 0.2) is 24.3 Å². The van der Waals surface area contributed by atoms with Gasteiger partial charge >= 0.3 is 0 Å². The highest BCUT2D eigenvalue weighted by Gasteiger charge is 2.32. The lowest BCUT2D eigenvalue weighted by atomic mass is 10.1. The summed E-state index contributed by atoms with van der Waals surface area (Å²) in [4.78, 5) is 13.7. The van der Waals surface area contributed by atoms with E-state index in [0.717, 1.165) is 0 Å². The molecule has 1 aliphatic heterocycles. The average molecular weight is 245 g/mol. The van der Waals surface area contributed by atoms with E-state index < -0.39 is 6.04 Å². The maximum Gasteiger partial charge on any atom is 0.246 e. The van der Waals surface area contributed by atoms with Crippen molar-refractivity contribution < 1.29 is 9.90 Å². The fraction of sp³-hybridized carbons (Fsp3) is 0.385. The highest BCUT2D eigenvalue weighted by molar-refractivity contribution is 5.98. The van der Waals surface area contributed by atoms with Gasteiger partial charge < -0.3 is 10.0 Å². The van der Waals surface area contributed by atoms with Gasteiger partial charge in [0, 0.05) is 18.3 Å². The van der Waals surface area contributed by atoms with Crippen LogP contribution in [-0.2, 0) is 4.79 Å². The molecule has 0 spiro atoms. The number of amides is 1. The second-order valence-corrected chi connectivity index (χ2v) is 4.41. The van der Waals surface area contributed by atoms with Crippen LogP contribution >= 0.6 is 0 Å². The molecule has 0 saturated carbocycles. The second kappa shape index (κ2) is 5.17. The third kappa shape index (κ3) is 2.35. The van der Waals surface area contributed by atoms with E-state index in [0.29, 0.717) is 17.8 Å². The summed E-state index contributed by atoms with van der Waals surface area (Å²) in [5.74, 6) is -0.161. The van der Waals surface area contributed by atoms with E-state index in [1.54, 1.807) is 29.2 Å². The molecule has 5 nitrogen and oxygen atoms in total. The number of carbonyl (C=O) groups is 1. The molecule has 1 heterocycles. The zero-order chi connectivity index (χ0) is 13.1. The first kappa shape index (κ1) is 12.6. The van der Waals surface area contributed by atoms with Crippen LogP contribution in [0.4, 0.5) is 5.69 Å². The number of hydrogen-bond donors (Lipinski definition) is 2. The minimum absolute atomic E-state index is 0.102. The Labute approximate surface area is 106 Å². The largest absolute Gasteiger partial charge is 0.394 e. The van der Waals surface area contributed by atoms with Gasteiger partial charge in [-0.2, -0.15) is 5.26 Å². The zero-order valence-electron chi connectivity index (χ0n) is 10.1.